The third kappa shape index (κ3) is 4.96. The van der Waals surface area contributed by atoms with Gasteiger partial charge in [0, 0.05) is 0 Å². The lowest BCUT2D eigenvalue weighted by atomic mass is 10.2. The van der Waals surface area contributed by atoms with Gasteiger partial charge < -0.3 is 19.4 Å². The van der Waals surface area contributed by atoms with Crippen LogP contribution in [0.15, 0.2) is 23.1 Å². The first kappa shape index (κ1) is 19.3. The van der Waals surface area contributed by atoms with E-state index in [1.54, 1.807) is 31.4 Å². The van der Waals surface area contributed by atoms with Crippen molar-refractivity contribution in [3.63, 3.8) is 0 Å². The van der Waals surface area contributed by atoms with Crippen LogP contribution in [0.5, 0.6) is 11.5 Å². The summed E-state index contributed by atoms with van der Waals surface area (Å²) in [5.41, 5.74) is 0.730. The maximum atomic E-state index is 12.3. The monoisotopic (exact) mass is 380 g/mol. The lowest BCUT2D eigenvalue weighted by Crippen LogP contribution is -2.40. The number of amides is 1. The summed E-state index contributed by atoms with van der Waals surface area (Å²) in [5.74, 6) is -0.595. The molecule has 0 aromatic heterocycles. The van der Waals surface area contributed by atoms with E-state index in [0.29, 0.717) is 23.0 Å². The van der Waals surface area contributed by atoms with Crippen molar-refractivity contribution < 1.29 is 24.2 Å². The number of carbonyl (C=O) groups excluding carboxylic acids is 2. The molecule has 1 aromatic carbocycles. The number of hydrogen-bond donors (Lipinski definition) is 0. The normalized spacial score (nSPS) is 15.8. The van der Waals surface area contributed by atoms with Gasteiger partial charge in [0.25, 0.3) is 5.91 Å². The third-order valence-electron chi connectivity index (χ3n) is 3.40. The molecule has 0 N–H and O–H groups in total. The molecule has 1 amide bonds. The Labute approximate surface area is 155 Å². The zero-order valence-corrected chi connectivity index (χ0v) is 15.6. The molecule has 25 heavy (non-hydrogen) atoms. The van der Waals surface area contributed by atoms with E-state index < -0.39 is 18.4 Å². The van der Waals surface area contributed by atoms with E-state index in [4.69, 9.17) is 21.7 Å². The Balaban J connectivity index is 2.19. The summed E-state index contributed by atoms with van der Waals surface area (Å²) in [6.07, 6.45) is 3.63. The van der Waals surface area contributed by atoms with E-state index in [2.05, 4.69) is 6.92 Å². The smallest absolute Gasteiger partial charge is 0.266 e. The summed E-state index contributed by atoms with van der Waals surface area (Å²) < 4.78 is 11.2. The van der Waals surface area contributed by atoms with Crippen molar-refractivity contribution in [2.24, 2.45) is 0 Å². The van der Waals surface area contributed by atoms with Gasteiger partial charge in [0.05, 0.1) is 31.1 Å². The molecule has 1 aliphatic rings. The topological polar surface area (TPSA) is 78.9 Å². The summed E-state index contributed by atoms with van der Waals surface area (Å²) in [6.45, 7) is 2.14. The van der Waals surface area contributed by atoms with Gasteiger partial charge in [-0.25, -0.2) is 0 Å². The van der Waals surface area contributed by atoms with Crippen molar-refractivity contribution in [2.45, 2.75) is 19.8 Å². The van der Waals surface area contributed by atoms with Crippen LogP contribution >= 0.6 is 24.0 Å². The van der Waals surface area contributed by atoms with Gasteiger partial charge in [-0.1, -0.05) is 43.4 Å². The fourth-order valence-corrected chi connectivity index (χ4v) is 3.39. The highest BCUT2D eigenvalue weighted by atomic mass is 32.2. The SMILES string of the molecule is CCCCOc1ccc(/C=C2/SC(=S)N(CC(=O)[O-])C2=O)cc1OC. The maximum absolute atomic E-state index is 12.3. The Bertz CT molecular complexity index is 717. The second-order valence-electron chi connectivity index (χ2n) is 5.25. The molecule has 1 aromatic rings. The van der Waals surface area contributed by atoms with Gasteiger partial charge in [-0.2, -0.15) is 0 Å². The minimum Gasteiger partial charge on any atom is -0.548 e. The standard InChI is InChI=1S/C17H19NO5S2/c1-3-4-7-23-12-6-5-11(8-13(12)22-2)9-14-16(21)18(10-15(19)20)17(24)25-14/h5-6,8-9H,3-4,7,10H2,1-2H3,(H,19,20)/p-1/b14-9+. The first-order chi connectivity index (χ1) is 12.0. The minimum absolute atomic E-state index is 0.201. The largest absolute Gasteiger partial charge is 0.548 e. The number of unbranched alkanes of at least 4 members (excludes halogenated alkanes) is 1. The molecule has 134 valence electrons. The van der Waals surface area contributed by atoms with Gasteiger partial charge in [0.15, 0.2) is 11.5 Å². The zero-order chi connectivity index (χ0) is 18.4. The summed E-state index contributed by atoms with van der Waals surface area (Å²) in [7, 11) is 1.55. The lowest BCUT2D eigenvalue weighted by molar-refractivity contribution is -0.305. The van der Waals surface area contributed by atoms with E-state index in [9.17, 15) is 14.7 Å². The second-order valence-corrected chi connectivity index (χ2v) is 6.93. The highest BCUT2D eigenvalue weighted by Crippen LogP contribution is 2.34. The number of carboxylic acids is 1. The number of carboxylic acid groups (broad SMARTS) is 1. The van der Waals surface area contributed by atoms with E-state index in [0.717, 1.165) is 35.1 Å². The molecule has 8 heteroatoms. The number of carbonyl (C=O) groups is 2. The Morgan fingerprint density at radius 3 is 2.80 bits per heavy atom. The Morgan fingerprint density at radius 2 is 2.16 bits per heavy atom. The van der Waals surface area contributed by atoms with E-state index in [1.807, 2.05) is 0 Å². The third-order valence-corrected chi connectivity index (χ3v) is 4.78. The lowest BCUT2D eigenvalue weighted by Gasteiger charge is -2.14. The number of rotatable bonds is 8. The van der Waals surface area contributed by atoms with Crippen LogP contribution in [0, 0.1) is 0 Å². The predicted octanol–water partition coefficient (Wildman–Crippen LogP) is 1.83. The average molecular weight is 380 g/mol. The fraction of sp³-hybridized carbons (Fsp3) is 0.353. The van der Waals surface area contributed by atoms with Crippen LogP contribution in [0.1, 0.15) is 25.3 Å². The van der Waals surface area contributed by atoms with Gasteiger partial charge in [-0.05, 0) is 30.2 Å². The van der Waals surface area contributed by atoms with Crippen LogP contribution < -0.4 is 14.6 Å². The number of benzene rings is 1. The number of thioether (sulfide) groups is 1. The second kappa shape index (κ2) is 8.87. The first-order valence-electron chi connectivity index (χ1n) is 7.72. The van der Waals surface area contributed by atoms with Crippen LogP contribution in [-0.2, 0) is 9.59 Å². The van der Waals surface area contributed by atoms with Crippen LogP contribution in [-0.4, -0.2) is 41.4 Å². The number of ether oxygens (including phenoxy) is 2. The zero-order valence-electron chi connectivity index (χ0n) is 13.9. The summed E-state index contributed by atoms with van der Waals surface area (Å²) in [6, 6.07) is 5.34. The molecule has 0 saturated carbocycles. The summed E-state index contributed by atoms with van der Waals surface area (Å²) in [4.78, 5) is 24.3. The number of thiocarbonyl (C=S) groups is 1. The van der Waals surface area contributed by atoms with Crippen molar-refractivity contribution >= 4 is 46.3 Å². The maximum Gasteiger partial charge on any atom is 0.266 e. The highest BCUT2D eigenvalue weighted by molar-refractivity contribution is 8.26. The molecule has 1 saturated heterocycles. The van der Waals surface area contributed by atoms with Crippen LogP contribution in [0.3, 0.4) is 0 Å². The van der Waals surface area contributed by atoms with Gasteiger partial charge in [0.1, 0.15) is 4.32 Å². The average Bonchev–Trinajstić information content (AvgIpc) is 2.83. The van der Waals surface area contributed by atoms with Crippen molar-refractivity contribution in [1.82, 2.24) is 4.90 Å². The van der Waals surface area contributed by atoms with Crippen molar-refractivity contribution in [3.05, 3.63) is 28.7 Å². The van der Waals surface area contributed by atoms with Crippen molar-refractivity contribution in [2.75, 3.05) is 20.3 Å². The quantitative estimate of drug-likeness (QED) is 0.387. The Morgan fingerprint density at radius 1 is 1.40 bits per heavy atom. The van der Waals surface area contributed by atoms with E-state index >= 15 is 0 Å². The molecule has 2 rings (SSSR count). The molecule has 0 unspecified atom stereocenters. The molecule has 0 aliphatic carbocycles. The van der Waals surface area contributed by atoms with Gasteiger partial charge >= 0.3 is 0 Å². The van der Waals surface area contributed by atoms with Crippen LogP contribution in [0.2, 0.25) is 0 Å². The van der Waals surface area contributed by atoms with Gasteiger partial charge in [0.2, 0.25) is 0 Å². The highest BCUT2D eigenvalue weighted by Gasteiger charge is 2.31. The number of nitrogens with zero attached hydrogens (tertiary/aromatic N) is 1. The van der Waals surface area contributed by atoms with E-state index in [1.165, 1.54) is 0 Å². The first-order valence-corrected chi connectivity index (χ1v) is 8.94. The number of hydrogen-bond acceptors (Lipinski definition) is 7. The fourth-order valence-electron chi connectivity index (χ4n) is 2.14. The molecule has 1 heterocycles. The number of methoxy groups -OCH3 is 1. The van der Waals surface area contributed by atoms with E-state index in [-0.39, 0.29) is 4.32 Å². The molecule has 0 bridgehead atoms. The number of aliphatic carboxylic acids is 1. The molecular formula is C17H18NO5S2-. The van der Waals surface area contributed by atoms with Crippen LogP contribution in [0.25, 0.3) is 6.08 Å². The minimum atomic E-state index is -1.35. The van der Waals surface area contributed by atoms with Crippen molar-refractivity contribution in [1.29, 1.82) is 0 Å². The molecule has 0 radical (unpaired) electrons. The summed E-state index contributed by atoms with van der Waals surface area (Å²) >= 11 is 6.11. The van der Waals surface area contributed by atoms with Crippen LogP contribution in [0.4, 0.5) is 0 Å². The molecular weight excluding hydrogens is 362 g/mol. The summed E-state index contributed by atoms with van der Waals surface area (Å²) in [5, 5.41) is 10.7. The van der Waals surface area contributed by atoms with Crippen molar-refractivity contribution in [3.8, 4) is 11.5 Å². The molecule has 6 nitrogen and oxygen atoms in total. The molecule has 0 atom stereocenters. The van der Waals surface area contributed by atoms with Gasteiger partial charge in [-0.15, -0.1) is 0 Å². The molecule has 1 fully saturated rings. The predicted molar refractivity (Wildman–Crippen MR) is 98.3 cm³/mol. The molecule has 1 aliphatic heterocycles. The Hall–Kier alpha value is -2.06. The Kier molecular flexibility index (Phi) is 6.83. The van der Waals surface area contributed by atoms with Gasteiger partial charge in [-0.3, -0.25) is 9.69 Å². The molecule has 0 spiro atoms.